The molecule has 1 saturated heterocycles. The minimum atomic E-state index is -0.881. The van der Waals surface area contributed by atoms with E-state index >= 15 is 0 Å². The van der Waals surface area contributed by atoms with Crippen molar-refractivity contribution in [2.75, 3.05) is 6.54 Å². The van der Waals surface area contributed by atoms with Crippen LogP contribution in [0, 0.1) is 5.92 Å². The molecule has 0 bridgehead atoms. The second kappa shape index (κ2) is 8.66. The van der Waals surface area contributed by atoms with Gasteiger partial charge in [-0.15, -0.1) is 0 Å². The highest BCUT2D eigenvalue weighted by Gasteiger charge is 2.51. The minimum absolute atomic E-state index is 0.0114. The largest absolute Gasteiger partial charge is 0.385 e. The first kappa shape index (κ1) is 21.5. The van der Waals surface area contributed by atoms with Crippen molar-refractivity contribution >= 4 is 5.91 Å². The van der Waals surface area contributed by atoms with E-state index in [2.05, 4.69) is 9.55 Å². The Labute approximate surface area is 200 Å². The van der Waals surface area contributed by atoms with E-state index in [-0.39, 0.29) is 17.9 Å². The number of aromatic nitrogens is 3. The smallest absolute Gasteiger partial charge is 0.290 e. The topological polar surface area (TPSA) is 71.2 Å². The van der Waals surface area contributed by atoms with Crippen molar-refractivity contribution in [3.05, 3.63) is 71.8 Å². The van der Waals surface area contributed by atoms with Crippen LogP contribution in [-0.2, 0) is 18.6 Å². The maximum atomic E-state index is 14.1. The number of imidazole rings is 1. The molecule has 4 heterocycles. The Morgan fingerprint density at radius 1 is 0.971 bits per heavy atom. The Morgan fingerprint density at radius 2 is 1.79 bits per heavy atom. The molecule has 1 saturated carbocycles. The van der Waals surface area contributed by atoms with Crippen molar-refractivity contribution in [1.82, 2.24) is 19.4 Å². The standard InChI is InChI=1S/C28H32N4O2/c33-27(26-30-25(22-13-6-8-17-29-22)24-15-7-9-18-31(24)26)32-19-16-28(34,20-10-2-1-3-11-20)21-12-4-5-14-23(21)32/h1-3,6,8,10-11,13,17,21,23,34H,4-5,7,9,12,14-16,18-19H2. The average Bonchev–Trinajstić information content (AvgIpc) is 3.30. The number of benzene rings is 1. The van der Waals surface area contributed by atoms with Crippen molar-refractivity contribution in [3.63, 3.8) is 0 Å². The molecule has 2 fully saturated rings. The fourth-order valence-corrected chi connectivity index (χ4v) is 6.56. The van der Waals surface area contributed by atoms with Gasteiger partial charge in [0.15, 0.2) is 5.82 Å². The van der Waals surface area contributed by atoms with Crippen molar-refractivity contribution in [2.45, 2.75) is 69.6 Å². The maximum absolute atomic E-state index is 14.1. The normalized spacial score (nSPS) is 26.6. The second-order valence-corrected chi connectivity index (χ2v) is 10.1. The van der Waals surface area contributed by atoms with E-state index in [0.29, 0.717) is 18.8 Å². The van der Waals surface area contributed by atoms with Gasteiger partial charge in [-0.1, -0.05) is 49.2 Å². The summed E-state index contributed by atoms with van der Waals surface area (Å²) in [6, 6.07) is 15.9. The van der Waals surface area contributed by atoms with E-state index < -0.39 is 5.60 Å². The fourth-order valence-electron chi connectivity index (χ4n) is 6.56. The number of likely N-dealkylation sites (tertiary alicyclic amines) is 1. The molecule has 1 amide bonds. The monoisotopic (exact) mass is 456 g/mol. The van der Waals surface area contributed by atoms with Gasteiger partial charge in [-0.25, -0.2) is 4.98 Å². The van der Waals surface area contributed by atoms with Crippen LogP contribution in [0.3, 0.4) is 0 Å². The summed E-state index contributed by atoms with van der Waals surface area (Å²) < 4.78 is 2.14. The molecule has 3 aliphatic rings. The summed E-state index contributed by atoms with van der Waals surface area (Å²) in [7, 11) is 0. The number of piperidine rings is 1. The fraction of sp³-hybridized carbons (Fsp3) is 0.464. The van der Waals surface area contributed by atoms with Crippen LogP contribution in [-0.4, -0.2) is 43.0 Å². The first-order valence-corrected chi connectivity index (χ1v) is 12.8. The molecule has 0 radical (unpaired) electrons. The molecule has 176 valence electrons. The average molecular weight is 457 g/mol. The second-order valence-electron chi connectivity index (χ2n) is 10.1. The molecular weight excluding hydrogens is 424 g/mol. The predicted molar refractivity (Wildman–Crippen MR) is 130 cm³/mol. The summed E-state index contributed by atoms with van der Waals surface area (Å²) in [4.78, 5) is 25.5. The molecule has 1 aromatic carbocycles. The molecule has 2 aliphatic heterocycles. The number of hydrogen-bond donors (Lipinski definition) is 1. The molecule has 34 heavy (non-hydrogen) atoms. The molecule has 1 N–H and O–H groups in total. The molecule has 2 aromatic heterocycles. The molecule has 0 spiro atoms. The number of amides is 1. The van der Waals surface area contributed by atoms with Gasteiger partial charge in [-0.2, -0.15) is 0 Å². The van der Waals surface area contributed by atoms with Crippen LogP contribution in [0.4, 0.5) is 0 Å². The van der Waals surface area contributed by atoms with Gasteiger partial charge in [0, 0.05) is 36.9 Å². The lowest BCUT2D eigenvalue weighted by molar-refractivity contribution is -0.110. The van der Waals surface area contributed by atoms with E-state index in [1.165, 1.54) is 0 Å². The first-order chi connectivity index (χ1) is 16.7. The summed E-state index contributed by atoms with van der Waals surface area (Å²) in [5, 5.41) is 11.9. The molecule has 3 unspecified atom stereocenters. The Hall–Kier alpha value is -2.99. The molecular formula is C28H32N4O2. The number of carbonyl (C=O) groups is 1. The van der Waals surface area contributed by atoms with E-state index in [1.54, 1.807) is 6.20 Å². The van der Waals surface area contributed by atoms with Gasteiger partial charge in [0.05, 0.1) is 11.3 Å². The van der Waals surface area contributed by atoms with Crippen LogP contribution in [0.25, 0.3) is 11.4 Å². The van der Waals surface area contributed by atoms with Crippen LogP contribution < -0.4 is 0 Å². The Kier molecular flexibility index (Phi) is 5.48. The quantitative estimate of drug-likeness (QED) is 0.627. The highest BCUT2D eigenvalue weighted by atomic mass is 16.3. The molecule has 6 heteroatoms. The van der Waals surface area contributed by atoms with E-state index in [0.717, 1.165) is 74.1 Å². The Balaban J connectivity index is 1.36. The maximum Gasteiger partial charge on any atom is 0.290 e. The first-order valence-electron chi connectivity index (χ1n) is 12.8. The van der Waals surface area contributed by atoms with Crippen LogP contribution in [0.2, 0.25) is 0 Å². The molecule has 1 aliphatic carbocycles. The van der Waals surface area contributed by atoms with Crippen molar-refractivity contribution in [3.8, 4) is 11.4 Å². The minimum Gasteiger partial charge on any atom is -0.385 e. The zero-order chi connectivity index (χ0) is 23.1. The van der Waals surface area contributed by atoms with Gasteiger partial charge in [0.25, 0.3) is 5.91 Å². The van der Waals surface area contributed by atoms with Crippen LogP contribution in [0.5, 0.6) is 0 Å². The predicted octanol–water partition coefficient (Wildman–Crippen LogP) is 4.57. The van der Waals surface area contributed by atoms with Gasteiger partial charge in [0.2, 0.25) is 0 Å². The van der Waals surface area contributed by atoms with Crippen molar-refractivity contribution in [1.29, 1.82) is 0 Å². The summed E-state index contributed by atoms with van der Waals surface area (Å²) >= 11 is 0. The summed E-state index contributed by atoms with van der Waals surface area (Å²) in [5.41, 5.74) is 2.91. The lowest BCUT2D eigenvalue weighted by Crippen LogP contribution is -2.59. The van der Waals surface area contributed by atoms with Gasteiger partial charge in [-0.05, 0) is 56.2 Å². The SMILES string of the molecule is O=C(c1nc(-c2ccccn2)c2n1CCCC2)N1CCC(O)(c2ccccc2)C2CCCCC21. The third-order valence-electron chi connectivity index (χ3n) is 8.23. The van der Waals surface area contributed by atoms with Crippen LogP contribution in [0.1, 0.15) is 66.8 Å². The highest BCUT2D eigenvalue weighted by molar-refractivity contribution is 5.92. The third-order valence-corrected chi connectivity index (χ3v) is 8.23. The molecule has 3 atom stereocenters. The van der Waals surface area contributed by atoms with E-state index in [1.807, 2.05) is 53.4 Å². The van der Waals surface area contributed by atoms with Crippen molar-refractivity contribution in [2.24, 2.45) is 5.92 Å². The van der Waals surface area contributed by atoms with Gasteiger partial charge in [0.1, 0.15) is 5.69 Å². The van der Waals surface area contributed by atoms with Gasteiger partial charge >= 0.3 is 0 Å². The number of nitrogens with zero attached hydrogens (tertiary/aromatic N) is 4. The van der Waals surface area contributed by atoms with Crippen LogP contribution in [0.15, 0.2) is 54.7 Å². The number of fused-ring (bicyclic) bond motifs is 2. The van der Waals surface area contributed by atoms with Crippen LogP contribution >= 0.6 is 0 Å². The van der Waals surface area contributed by atoms with E-state index in [4.69, 9.17) is 4.98 Å². The number of rotatable bonds is 3. The molecule has 6 rings (SSSR count). The number of hydrogen-bond acceptors (Lipinski definition) is 4. The van der Waals surface area contributed by atoms with E-state index in [9.17, 15) is 9.90 Å². The molecule has 6 nitrogen and oxygen atoms in total. The number of carbonyl (C=O) groups excluding carboxylic acids is 1. The number of aliphatic hydroxyl groups is 1. The zero-order valence-electron chi connectivity index (χ0n) is 19.6. The Bertz CT molecular complexity index is 1180. The summed E-state index contributed by atoms with van der Waals surface area (Å²) in [5.74, 6) is 0.606. The zero-order valence-corrected chi connectivity index (χ0v) is 19.6. The highest BCUT2D eigenvalue weighted by Crippen LogP contribution is 2.47. The summed E-state index contributed by atoms with van der Waals surface area (Å²) in [6.45, 7) is 1.37. The summed E-state index contributed by atoms with van der Waals surface area (Å²) in [6.07, 6.45) is 9.51. The van der Waals surface area contributed by atoms with Gasteiger partial charge in [-0.3, -0.25) is 9.78 Å². The number of pyridine rings is 1. The lowest BCUT2D eigenvalue weighted by atomic mass is 9.66. The Morgan fingerprint density at radius 3 is 2.62 bits per heavy atom. The lowest BCUT2D eigenvalue weighted by Gasteiger charge is -2.52. The molecule has 3 aromatic rings. The van der Waals surface area contributed by atoms with Crippen molar-refractivity contribution < 1.29 is 9.90 Å². The van der Waals surface area contributed by atoms with Gasteiger partial charge < -0.3 is 14.6 Å². The third kappa shape index (κ3) is 3.47.